The summed E-state index contributed by atoms with van der Waals surface area (Å²) in [6.07, 6.45) is 11.2. The molecule has 0 spiro atoms. The minimum atomic E-state index is -0.231. The molecule has 180 valence electrons. The zero-order valence-electron chi connectivity index (χ0n) is 22.1. The SMILES string of the molecule is CC(C)[C@@H]1CC[C@]2(C)CC[C@]3(C)[C@H](CC[C@@H]4[C@@]5(C)[C@H]6O[C@H]6C(=O)C(C)(C)[C@@H]5CC[C@@]43C)[C@@H]12. The van der Waals surface area contributed by atoms with Gasteiger partial charge in [-0.2, -0.15) is 0 Å². The van der Waals surface area contributed by atoms with E-state index in [9.17, 15) is 4.79 Å². The molecule has 2 nitrogen and oxygen atoms in total. The summed E-state index contributed by atoms with van der Waals surface area (Å²) in [6.45, 7) is 20.1. The van der Waals surface area contributed by atoms with Crippen molar-refractivity contribution in [2.24, 2.45) is 62.6 Å². The molecule has 32 heavy (non-hydrogen) atoms. The van der Waals surface area contributed by atoms with Gasteiger partial charge >= 0.3 is 0 Å². The summed E-state index contributed by atoms with van der Waals surface area (Å²) in [5.41, 5.74) is 1.32. The second-order valence-electron chi connectivity index (χ2n) is 15.2. The molecule has 0 aromatic heterocycles. The molecule has 0 radical (unpaired) electrons. The summed E-state index contributed by atoms with van der Waals surface area (Å²) in [5, 5.41) is 0. The lowest BCUT2D eigenvalue weighted by Crippen LogP contribution is -2.68. The van der Waals surface area contributed by atoms with E-state index in [2.05, 4.69) is 55.4 Å². The lowest BCUT2D eigenvalue weighted by molar-refractivity contribution is -0.233. The highest BCUT2D eigenvalue weighted by molar-refractivity contribution is 5.92. The van der Waals surface area contributed by atoms with Crippen LogP contribution in [0.4, 0.5) is 0 Å². The van der Waals surface area contributed by atoms with Crippen molar-refractivity contribution in [2.75, 3.05) is 0 Å². The Morgan fingerprint density at radius 2 is 1.53 bits per heavy atom. The van der Waals surface area contributed by atoms with Crippen molar-refractivity contribution >= 4 is 5.78 Å². The van der Waals surface area contributed by atoms with Crippen LogP contribution in [0.15, 0.2) is 0 Å². The van der Waals surface area contributed by atoms with Gasteiger partial charge in [0.15, 0.2) is 5.78 Å². The van der Waals surface area contributed by atoms with E-state index in [0.29, 0.717) is 33.9 Å². The summed E-state index contributed by atoms with van der Waals surface area (Å²) >= 11 is 0. The van der Waals surface area contributed by atoms with E-state index >= 15 is 0 Å². The van der Waals surface area contributed by atoms with Crippen molar-refractivity contribution in [3.63, 3.8) is 0 Å². The molecule has 0 aromatic rings. The van der Waals surface area contributed by atoms with Gasteiger partial charge in [-0.1, -0.05) is 55.4 Å². The molecule has 2 heteroatoms. The van der Waals surface area contributed by atoms with Crippen molar-refractivity contribution in [1.82, 2.24) is 0 Å². The first kappa shape index (κ1) is 22.1. The second kappa shape index (κ2) is 6.24. The standard InChI is InChI=1S/C30H48O2/c1-17(2)18-11-13-27(5)15-16-28(6)19(22(18)27)9-10-21-29(28,7)14-12-20-26(3,4)24(31)23-25(32-23)30(20,21)8/h17-23,25H,9-16H2,1-8H3/t18-,19+,20-,21-,22+,23-,25-,27+,28+,29-,30-/m0/s1. The normalized spacial score (nSPS) is 60.2. The Balaban J connectivity index is 1.42. The highest BCUT2D eigenvalue weighted by Gasteiger charge is 2.77. The second-order valence-corrected chi connectivity index (χ2v) is 15.2. The minimum Gasteiger partial charge on any atom is -0.361 e. The van der Waals surface area contributed by atoms with Crippen LogP contribution >= 0.6 is 0 Å². The quantitative estimate of drug-likeness (QED) is 0.400. The van der Waals surface area contributed by atoms with Gasteiger partial charge in [0.2, 0.25) is 0 Å². The fourth-order valence-corrected chi connectivity index (χ4v) is 11.9. The van der Waals surface area contributed by atoms with Crippen LogP contribution < -0.4 is 0 Å². The fourth-order valence-electron chi connectivity index (χ4n) is 11.9. The number of hydrogen-bond acceptors (Lipinski definition) is 2. The molecule has 0 aromatic carbocycles. The van der Waals surface area contributed by atoms with Crippen LogP contribution in [0.25, 0.3) is 0 Å². The monoisotopic (exact) mass is 440 g/mol. The molecule has 1 aliphatic heterocycles. The van der Waals surface area contributed by atoms with Gasteiger partial charge in [0.25, 0.3) is 0 Å². The molecular formula is C30H48O2. The van der Waals surface area contributed by atoms with Gasteiger partial charge in [-0.15, -0.1) is 0 Å². The molecule has 0 unspecified atom stereocenters. The number of ketones is 1. The number of Topliss-reactive ketones (excluding diaryl/α,β-unsaturated/α-hetero) is 1. The highest BCUT2D eigenvalue weighted by atomic mass is 16.6. The molecule has 1 saturated heterocycles. The summed E-state index contributed by atoms with van der Waals surface area (Å²) in [7, 11) is 0. The first-order valence-corrected chi connectivity index (χ1v) is 14.0. The lowest BCUT2D eigenvalue weighted by atomic mass is 9.32. The number of epoxide rings is 1. The third-order valence-corrected chi connectivity index (χ3v) is 13.8. The van der Waals surface area contributed by atoms with E-state index in [0.717, 1.165) is 23.7 Å². The molecule has 6 aliphatic rings. The van der Waals surface area contributed by atoms with Gasteiger partial charge in [0.05, 0.1) is 6.10 Å². The third kappa shape index (κ3) is 2.31. The van der Waals surface area contributed by atoms with Crippen LogP contribution in [0.1, 0.15) is 107 Å². The summed E-state index contributed by atoms with van der Waals surface area (Å²) in [4.78, 5) is 13.2. The third-order valence-electron chi connectivity index (χ3n) is 13.8. The maximum absolute atomic E-state index is 13.2. The molecule has 5 aliphatic carbocycles. The fraction of sp³-hybridized carbons (Fsp3) is 0.967. The highest BCUT2D eigenvalue weighted by Crippen LogP contribution is 2.78. The van der Waals surface area contributed by atoms with Crippen LogP contribution in [0.5, 0.6) is 0 Å². The molecular weight excluding hydrogens is 392 g/mol. The number of ether oxygens (including phenoxy) is 1. The zero-order chi connectivity index (χ0) is 23.1. The molecule has 6 fully saturated rings. The maximum atomic E-state index is 13.2. The van der Waals surface area contributed by atoms with Crippen molar-refractivity contribution in [3.8, 4) is 0 Å². The van der Waals surface area contributed by atoms with Crippen LogP contribution in [-0.2, 0) is 9.53 Å². The Labute approximate surface area is 197 Å². The smallest absolute Gasteiger partial charge is 0.170 e. The average Bonchev–Trinajstić information content (AvgIpc) is 3.44. The summed E-state index contributed by atoms with van der Waals surface area (Å²) in [5.74, 6) is 5.10. The predicted molar refractivity (Wildman–Crippen MR) is 129 cm³/mol. The van der Waals surface area contributed by atoms with Gasteiger partial charge < -0.3 is 4.74 Å². The number of rotatable bonds is 1. The first-order chi connectivity index (χ1) is 14.8. The first-order valence-electron chi connectivity index (χ1n) is 14.0. The van der Waals surface area contributed by atoms with E-state index in [1.165, 1.54) is 51.4 Å². The van der Waals surface area contributed by atoms with E-state index in [-0.39, 0.29) is 23.0 Å². The topological polar surface area (TPSA) is 29.6 Å². The van der Waals surface area contributed by atoms with Crippen molar-refractivity contribution < 1.29 is 9.53 Å². The Morgan fingerprint density at radius 3 is 2.22 bits per heavy atom. The van der Waals surface area contributed by atoms with Crippen molar-refractivity contribution in [1.29, 1.82) is 0 Å². The molecule has 0 amide bonds. The minimum absolute atomic E-state index is 0.103. The number of hydrogen-bond donors (Lipinski definition) is 0. The van der Waals surface area contributed by atoms with E-state index in [1.807, 2.05) is 0 Å². The molecule has 11 atom stereocenters. The molecule has 0 N–H and O–H groups in total. The Hall–Kier alpha value is -0.370. The van der Waals surface area contributed by atoms with Gasteiger partial charge in [0.1, 0.15) is 6.10 Å². The van der Waals surface area contributed by atoms with Crippen molar-refractivity contribution in [3.05, 3.63) is 0 Å². The number of carbonyl (C=O) groups is 1. The van der Waals surface area contributed by atoms with Gasteiger partial charge in [-0.25, -0.2) is 0 Å². The molecule has 6 rings (SSSR count). The van der Waals surface area contributed by atoms with E-state index in [4.69, 9.17) is 4.74 Å². The van der Waals surface area contributed by atoms with Gasteiger partial charge in [-0.3, -0.25) is 4.79 Å². The number of carbonyl (C=O) groups excluding carboxylic acids is 1. The Kier molecular flexibility index (Phi) is 4.31. The van der Waals surface area contributed by atoms with Crippen LogP contribution in [0, 0.1) is 62.6 Å². The Morgan fingerprint density at radius 1 is 0.812 bits per heavy atom. The average molecular weight is 441 g/mol. The largest absolute Gasteiger partial charge is 0.361 e. The summed E-state index contributed by atoms with van der Waals surface area (Å²) in [6, 6.07) is 0. The maximum Gasteiger partial charge on any atom is 0.170 e. The molecule has 5 saturated carbocycles. The summed E-state index contributed by atoms with van der Waals surface area (Å²) < 4.78 is 6.25. The van der Waals surface area contributed by atoms with Crippen LogP contribution in [0.3, 0.4) is 0 Å². The van der Waals surface area contributed by atoms with E-state index in [1.54, 1.807) is 0 Å². The van der Waals surface area contributed by atoms with Crippen LogP contribution in [-0.4, -0.2) is 18.0 Å². The molecule has 1 heterocycles. The predicted octanol–water partition coefficient (Wildman–Crippen LogP) is 7.30. The van der Waals surface area contributed by atoms with Crippen molar-refractivity contribution in [2.45, 2.75) is 119 Å². The van der Waals surface area contributed by atoms with Gasteiger partial charge in [0, 0.05) is 10.8 Å². The molecule has 0 bridgehead atoms. The zero-order valence-corrected chi connectivity index (χ0v) is 22.1. The van der Waals surface area contributed by atoms with E-state index < -0.39 is 0 Å². The van der Waals surface area contributed by atoms with Crippen LogP contribution in [0.2, 0.25) is 0 Å². The Bertz CT molecular complexity index is 844. The lowest BCUT2D eigenvalue weighted by Gasteiger charge is -2.72. The number of fused-ring (bicyclic) bond motifs is 9. The van der Waals surface area contributed by atoms with Gasteiger partial charge in [-0.05, 0) is 103 Å².